The third-order valence-electron chi connectivity index (χ3n) is 2.28. The lowest BCUT2D eigenvalue weighted by atomic mass is 10.2. The van der Waals surface area contributed by atoms with Crippen LogP contribution in [0.1, 0.15) is 18.7 Å². The molecule has 1 rings (SSSR count). The quantitative estimate of drug-likeness (QED) is 0.794. The molecule has 0 radical (unpaired) electrons. The second-order valence-electron chi connectivity index (χ2n) is 3.41. The van der Waals surface area contributed by atoms with Crippen LogP contribution in [0.3, 0.4) is 0 Å². The Bertz CT molecular complexity index is 324. The van der Waals surface area contributed by atoms with Gasteiger partial charge in [-0.2, -0.15) is 0 Å². The molecule has 0 spiro atoms. The predicted octanol–water partition coefficient (Wildman–Crippen LogP) is 2.81. The first-order valence-electron chi connectivity index (χ1n) is 4.45. The van der Waals surface area contributed by atoms with Gasteiger partial charge in [0.25, 0.3) is 0 Å². The predicted molar refractivity (Wildman–Crippen MR) is 60.9 cm³/mol. The van der Waals surface area contributed by atoms with E-state index in [0.717, 1.165) is 10.9 Å². The molecule has 0 aliphatic heterocycles. The van der Waals surface area contributed by atoms with Crippen LogP contribution in [0.15, 0.2) is 12.1 Å². The van der Waals surface area contributed by atoms with E-state index in [4.69, 9.17) is 11.6 Å². The Labute approximate surface area is 93.5 Å². The van der Waals surface area contributed by atoms with Crippen LogP contribution in [-0.2, 0) is 11.3 Å². The minimum Gasteiger partial charge on any atom is -0.298 e. The average Bonchev–Trinajstić information content (AvgIpc) is 2.49. The minimum absolute atomic E-state index is 0.0316. The average molecular weight is 232 g/mol. The fourth-order valence-electron chi connectivity index (χ4n) is 1.13. The highest BCUT2D eigenvalue weighted by Gasteiger charge is 2.14. The summed E-state index contributed by atoms with van der Waals surface area (Å²) in [6.07, 6.45) is 0. The monoisotopic (exact) mass is 231 g/mol. The summed E-state index contributed by atoms with van der Waals surface area (Å²) in [6.45, 7) is 4.30. The summed E-state index contributed by atoms with van der Waals surface area (Å²) in [6, 6.07) is 3.85. The Balaban J connectivity index is 2.56. The van der Waals surface area contributed by atoms with Crippen molar-refractivity contribution >= 4 is 28.7 Å². The van der Waals surface area contributed by atoms with Gasteiger partial charge >= 0.3 is 0 Å². The molecule has 0 aliphatic rings. The van der Waals surface area contributed by atoms with Gasteiger partial charge in [-0.1, -0.05) is 11.6 Å². The van der Waals surface area contributed by atoms with E-state index in [-0.39, 0.29) is 11.8 Å². The summed E-state index contributed by atoms with van der Waals surface area (Å²) < 4.78 is 0.795. The molecule has 0 aromatic carbocycles. The Morgan fingerprint density at radius 1 is 1.64 bits per heavy atom. The van der Waals surface area contributed by atoms with Crippen LogP contribution in [0.25, 0.3) is 0 Å². The van der Waals surface area contributed by atoms with Crippen molar-refractivity contribution in [3.8, 4) is 0 Å². The first-order valence-corrected chi connectivity index (χ1v) is 5.65. The zero-order valence-corrected chi connectivity index (χ0v) is 10.2. The van der Waals surface area contributed by atoms with Crippen LogP contribution < -0.4 is 0 Å². The molecule has 0 amide bonds. The molecule has 0 saturated heterocycles. The Kier molecular flexibility index (Phi) is 4.11. The van der Waals surface area contributed by atoms with Crippen molar-refractivity contribution in [2.75, 3.05) is 7.05 Å². The number of nitrogens with zero attached hydrogens (tertiary/aromatic N) is 1. The van der Waals surface area contributed by atoms with Gasteiger partial charge in [-0.15, -0.1) is 11.3 Å². The molecule has 0 fully saturated rings. The zero-order chi connectivity index (χ0) is 10.7. The highest BCUT2D eigenvalue weighted by molar-refractivity contribution is 7.16. The maximum absolute atomic E-state index is 11.1. The Morgan fingerprint density at radius 3 is 2.71 bits per heavy atom. The number of hydrogen-bond acceptors (Lipinski definition) is 3. The van der Waals surface area contributed by atoms with Gasteiger partial charge in [0, 0.05) is 11.4 Å². The van der Waals surface area contributed by atoms with Gasteiger partial charge in [-0.05, 0) is 33.0 Å². The zero-order valence-electron chi connectivity index (χ0n) is 8.58. The third kappa shape index (κ3) is 3.08. The van der Waals surface area contributed by atoms with Crippen LogP contribution in [-0.4, -0.2) is 23.8 Å². The molecule has 14 heavy (non-hydrogen) atoms. The number of thiophene rings is 1. The smallest absolute Gasteiger partial charge is 0.146 e. The Morgan fingerprint density at radius 2 is 2.29 bits per heavy atom. The number of carbonyl (C=O) groups excluding carboxylic acids is 1. The van der Waals surface area contributed by atoms with Gasteiger partial charge in [-0.25, -0.2) is 0 Å². The minimum atomic E-state index is -0.0316. The highest BCUT2D eigenvalue weighted by atomic mass is 35.5. The number of likely N-dealkylation sites (N-methyl/N-ethyl adjacent to an activating group) is 1. The van der Waals surface area contributed by atoms with Crippen molar-refractivity contribution < 1.29 is 4.79 Å². The number of rotatable bonds is 4. The topological polar surface area (TPSA) is 20.3 Å². The highest BCUT2D eigenvalue weighted by Crippen LogP contribution is 2.22. The van der Waals surface area contributed by atoms with Gasteiger partial charge < -0.3 is 0 Å². The molecule has 1 unspecified atom stereocenters. The maximum atomic E-state index is 11.1. The fourth-order valence-corrected chi connectivity index (χ4v) is 2.28. The van der Waals surface area contributed by atoms with E-state index in [0.29, 0.717) is 0 Å². The normalized spacial score (nSPS) is 13.2. The number of halogens is 1. The van der Waals surface area contributed by atoms with E-state index in [1.807, 2.05) is 31.0 Å². The van der Waals surface area contributed by atoms with Gasteiger partial charge in [-0.3, -0.25) is 9.69 Å². The van der Waals surface area contributed by atoms with Crippen molar-refractivity contribution in [1.82, 2.24) is 4.90 Å². The van der Waals surface area contributed by atoms with E-state index in [1.165, 1.54) is 4.88 Å². The summed E-state index contributed by atoms with van der Waals surface area (Å²) in [5.41, 5.74) is 0. The molecule has 1 atom stereocenters. The second-order valence-corrected chi connectivity index (χ2v) is 5.21. The number of carbonyl (C=O) groups is 1. The summed E-state index contributed by atoms with van der Waals surface area (Å²) in [4.78, 5) is 14.3. The van der Waals surface area contributed by atoms with Crippen molar-refractivity contribution in [2.24, 2.45) is 0 Å². The largest absolute Gasteiger partial charge is 0.298 e. The van der Waals surface area contributed by atoms with Gasteiger partial charge in [0.1, 0.15) is 5.78 Å². The molecule has 1 heterocycles. The first kappa shape index (κ1) is 11.7. The van der Waals surface area contributed by atoms with Gasteiger partial charge in [0.15, 0.2) is 0 Å². The van der Waals surface area contributed by atoms with E-state index in [9.17, 15) is 4.79 Å². The molecule has 0 bridgehead atoms. The van der Waals surface area contributed by atoms with Crippen molar-refractivity contribution in [1.29, 1.82) is 0 Å². The van der Waals surface area contributed by atoms with Crippen molar-refractivity contribution in [2.45, 2.75) is 26.4 Å². The lowest BCUT2D eigenvalue weighted by molar-refractivity contribution is -0.121. The molecular formula is C10H14ClNOS. The summed E-state index contributed by atoms with van der Waals surface area (Å²) in [5.74, 6) is 0.190. The van der Waals surface area contributed by atoms with Crippen LogP contribution in [0, 0.1) is 0 Å². The summed E-state index contributed by atoms with van der Waals surface area (Å²) in [5, 5.41) is 0. The van der Waals surface area contributed by atoms with Crippen molar-refractivity contribution in [3.63, 3.8) is 0 Å². The molecule has 0 N–H and O–H groups in total. The molecule has 4 heteroatoms. The number of hydrogen-bond donors (Lipinski definition) is 0. The maximum Gasteiger partial charge on any atom is 0.146 e. The SMILES string of the molecule is CC(=O)C(C)N(C)Cc1ccc(Cl)s1. The molecule has 2 nitrogen and oxygen atoms in total. The third-order valence-corrected chi connectivity index (χ3v) is 3.50. The molecule has 1 aromatic rings. The standard InChI is InChI=1S/C10H14ClNOS/c1-7(8(2)13)12(3)6-9-4-5-10(11)14-9/h4-5,7H,6H2,1-3H3. The molecule has 78 valence electrons. The van der Waals surface area contributed by atoms with Crippen LogP contribution in [0.5, 0.6) is 0 Å². The van der Waals surface area contributed by atoms with E-state index in [2.05, 4.69) is 0 Å². The molecular weight excluding hydrogens is 218 g/mol. The molecule has 0 saturated carbocycles. The van der Waals surface area contributed by atoms with Crippen LogP contribution in [0.4, 0.5) is 0 Å². The lowest BCUT2D eigenvalue weighted by Crippen LogP contribution is -2.33. The van der Waals surface area contributed by atoms with E-state index in [1.54, 1.807) is 18.3 Å². The lowest BCUT2D eigenvalue weighted by Gasteiger charge is -2.21. The summed E-state index contributed by atoms with van der Waals surface area (Å²) >= 11 is 7.38. The number of ketones is 1. The van der Waals surface area contributed by atoms with Gasteiger partial charge in [0.2, 0.25) is 0 Å². The molecule has 0 aliphatic carbocycles. The van der Waals surface area contributed by atoms with Crippen molar-refractivity contribution in [3.05, 3.63) is 21.3 Å². The Hall–Kier alpha value is -0.380. The molecule has 1 aromatic heterocycles. The fraction of sp³-hybridized carbons (Fsp3) is 0.500. The second kappa shape index (κ2) is 4.91. The van der Waals surface area contributed by atoms with E-state index >= 15 is 0 Å². The van der Waals surface area contributed by atoms with Crippen LogP contribution >= 0.6 is 22.9 Å². The summed E-state index contributed by atoms with van der Waals surface area (Å²) in [7, 11) is 1.94. The van der Waals surface area contributed by atoms with Gasteiger partial charge in [0.05, 0.1) is 10.4 Å². The first-order chi connectivity index (χ1) is 6.50. The van der Waals surface area contributed by atoms with Crippen LogP contribution in [0.2, 0.25) is 4.34 Å². The number of Topliss-reactive ketones (excluding diaryl/α,β-unsaturated/α-hetero) is 1. The van der Waals surface area contributed by atoms with E-state index < -0.39 is 0 Å².